The van der Waals surface area contributed by atoms with Crippen LogP contribution in [0.3, 0.4) is 0 Å². The van der Waals surface area contributed by atoms with Crippen LogP contribution in [0.5, 0.6) is 0 Å². The molecule has 0 aliphatic carbocycles. The summed E-state index contributed by atoms with van der Waals surface area (Å²) in [6, 6.07) is 11.2. The maximum Gasteiger partial charge on any atom is 0.301 e. The number of benzene rings is 1. The van der Waals surface area contributed by atoms with Crippen LogP contribution in [0.25, 0.3) is 0 Å². The Morgan fingerprint density at radius 2 is 1.74 bits per heavy atom. The Balaban J connectivity index is 0.00000289. The minimum atomic E-state index is -3.56. The smallest absolute Gasteiger partial charge is 0.301 e. The van der Waals surface area contributed by atoms with Crippen molar-refractivity contribution in [3.63, 3.8) is 0 Å². The largest absolute Gasteiger partial charge is 0.387 e. The number of hydrogen-bond donors (Lipinski definition) is 3. The second-order valence-electron chi connectivity index (χ2n) is 9.81. The summed E-state index contributed by atoms with van der Waals surface area (Å²) in [4.78, 5) is 4.05. The van der Waals surface area contributed by atoms with Gasteiger partial charge in [0.05, 0.1) is 6.10 Å². The van der Waals surface area contributed by atoms with Gasteiger partial charge in [0.25, 0.3) is 0 Å². The zero-order chi connectivity index (χ0) is 23.4. The molecule has 0 bridgehead atoms. The highest BCUT2D eigenvalue weighted by molar-refractivity contribution is 7.90. The van der Waals surface area contributed by atoms with Crippen LogP contribution in [0.1, 0.15) is 51.3 Å². The molecule has 192 valence electrons. The van der Waals surface area contributed by atoms with Gasteiger partial charge >= 0.3 is 10.2 Å². The number of nitrogens with zero attached hydrogens (tertiary/aromatic N) is 2. The summed E-state index contributed by atoms with van der Waals surface area (Å²) in [6.45, 7) is 9.89. The van der Waals surface area contributed by atoms with E-state index in [0.717, 1.165) is 24.0 Å². The highest BCUT2D eigenvalue weighted by Gasteiger charge is 2.30. The maximum absolute atomic E-state index is 12.8. The molecular weight excluding hydrogens is 495 g/mol. The van der Waals surface area contributed by atoms with Gasteiger partial charge < -0.3 is 10.4 Å². The van der Waals surface area contributed by atoms with Gasteiger partial charge in [0.15, 0.2) is 0 Å². The molecule has 3 atom stereocenters. The number of nitrogens with one attached hydrogen (secondary N) is 2. The van der Waals surface area contributed by atoms with Gasteiger partial charge in [-0.25, -0.2) is 0 Å². The number of halogens is 2. The van der Waals surface area contributed by atoms with Gasteiger partial charge in [-0.2, -0.15) is 12.7 Å². The van der Waals surface area contributed by atoms with Crippen molar-refractivity contribution in [2.45, 2.75) is 52.2 Å². The number of piperidine rings is 1. The number of hydrogen-bond acceptors (Lipinski definition) is 5. The van der Waals surface area contributed by atoms with Gasteiger partial charge in [-0.3, -0.25) is 9.71 Å². The van der Waals surface area contributed by atoms with Gasteiger partial charge in [-0.05, 0) is 62.3 Å². The van der Waals surface area contributed by atoms with Gasteiger partial charge in [-0.15, -0.1) is 24.8 Å². The number of rotatable bonds is 9. The molecule has 7 nitrogen and oxygen atoms in total. The number of pyridine rings is 1. The van der Waals surface area contributed by atoms with E-state index in [4.69, 9.17) is 0 Å². The number of aliphatic hydroxyl groups is 1. The number of anilines is 1. The molecular formula is C24H38Cl2N4O3S. The van der Waals surface area contributed by atoms with Crippen molar-refractivity contribution in [3.8, 4) is 0 Å². The van der Waals surface area contributed by atoms with Crippen molar-refractivity contribution < 1.29 is 13.5 Å². The molecule has 0 radical (unpaired) electrons. The average molecular weight is 534 g/mol. The summed E-state index contributed by atoms with van der Waals surface area (Å²) < 4.78 is 29.9. The van der Waals surface area contributed by atoms with E-state index in [0.29, 0.717) is 37.2 Å². The second-order valence-corrected chi connectivity index (χ2v) is 11.5. The first-order valence-electron chi connectivity index (χ1n) is 11.2. The Labute approximate surface area is 216 Å². The third-order valence-electron chi connectivity index (χ3n) is 5.87. The molecule has 1 aliphatic heterocycles. The summed E-state index contributed by atoms with van der Waals surface area (Å²) in [5, 5.41) is 13.8. The quantitative estimate of drug-likeness (QED) is 0.449. The van der Waals surface area contributed by atoms with E-state index in [-0.39, 0.29) is 30.4 Å². The van der Waals surface area contributed by atoms with E-state index >= 15 is 0 Å². The fourth-order valence-corrected chi connectivity index (χ4v) is 5.81. The molecule has 2 aromatic rings. The molecule has 1 fully saturated rings. The first kappa shape index (κ1) is 30.6. The van der Waals surface area contributed by atoms with Gasteiger partial charge in [0, 0.05) is 48.8 Å². The SMILES string of the molecule is C[C@@H]1C[C@H](C)CN(S(=O)(=O)Nc2ccc(CC(C)(C)NC[C@H](O)c3cccnc3)cc2)C1.Cl.Cl. The van der Waals surface area contributed by atoms with Crippen LogP contribution in [0, 0.1) is 11.8 Å². The van der Waals surface area contributed by atoms with E-state index in [2.05, 4.69) is 42.7 Å². The summed E-state index contributed by atoms with van der Waals surface area (Å²) >= 11 is 0. The van der Waals surface area contributed by atoms with Crippen molar-refractivity contribution in [2.24, 2.45) is 11.8 Å². The number of aliphatic hydroxyl groups excluding tert-OH is 1. The molecule has 10 heteroatoms. The van der Waals surface area contributed by atoms with Crippen molar-refractivity contribution in [3.05, 3.63) is 59.9 Å². The monoisotopic (exact) mass is 532 g/mol. The van der Waals surface area contributed by atoms with Crippen LogP contribution in [-0.4, -0.2) is 48.0 Å². The zero-order valence-electron chi connectivity index (χ0n) is 20.3. The predicted molar refractivity (Wildman–Crippen MR) is 143 cm³/mol. The van der Waals surface area contributed by atoms with Crippen molar-refractivity contribution in [2.75, 3.05) is 24.4 Å². The van der Waals surface area contributed by atoms with Crippen molar-refractivity contribution >= 4 is 40.7 Å². The average Bonchev–Trinajstić information content (AvgIpc) is 2.73. The van der Waals surface area contributed by atoms with E-state index < -0.39 is 16.3 Å². The molecule has 0 spiro atoms. The normalized spacial score (nSPS) is 20.0. The molecule has 2 heterocycles. The van der Waals surface area contributed by atoms with Gasteiger partial charge in [-0.1, -0.05) is 32.0 Å². The highest BCUT2D eigenvalue weighted by atomic mass is 35.5. The lowest BCUT2D eigenvalue weighted by molar-refractivity contribution is 0.160. The van der Waals surface area contributed by atoms with E-state index in [1.54, 1.807) is 16.7 Å². The Morgan fingerprint density at radius 1 is 1.12 bits per heavy atom. The van der Waals surface area contributed by atoms with Crippen LogP contribution < -0.4 is 10.0 Å². The Kier molecular flexibility index (Phi) is 11.7. The fourth-order valence-electron chi connectivity index (χ4n) is 4.34. The summed E-state index contributed by atoms with van der Waals surface area (Å²) in [7, 11) is -3.56. The molecule has 0 amide bonds. The molecule has 1 aromatic heterocycles. The molecule has 3 N–H and O–H groups in total. The number of aromatic nitrogens is 1. The molecule has 0 unspecified atom stereocenters. The van der Waals surface area contributed by atoms with E-state index in [9.17, 15) is 13.5 Å². The molecule has 1 aliphatic rings. The highest BCUT2D eigenvalue weighted by Crippen LogP contribution is 2.24. The fraction of sp³-hybridized carbons (Fsp3) is 0.542. The zero-order valence-corrected chi connectivity index (χ0v) is 22.7. The predicted octanol–water partition coefficient (Wildman–Crippen LogP) is 4.20. The first-order chi connectivity index (χ1) is 15.0. The summed E-state index contributed by atoms with van der Waals surface area (Å²) in [6.07, 6.45) is 4.53. The molecule has 34 heavy (non-hydrogen) atoms. The third kappa shape index (κ3) is 8.98. The van der Waals surface area contributed by atoms with Crippen LogP contribution >= 0.6 is 24.8 Å². The van der Waals surface area contributed by atoms with Gasteiger partial charge in [0.2, 0.25) is 0 Å². The summed E-state index contributed by atoms with van der Waals surface area (Å²) in [5.41, 5.74) is 2.19. The topological polar surface area (TPSA) is 94.6 Å². The third-order valence-corrected chi connectivity index (χ3v) is 7.34. The first-order valence-corrected chi connectivity index (χ1v) is 12.7. The molecule has 3 rings (SSSR count). The maximum atomic E-state index is 12.8. The number of β-amino-alcohol motifs (C(OH)–C–C–N with tert-alkyl or cyclic N) is 1. The molecule has 1 saturated heterocycles. The van der Waals surface area contributed by atoms with Crippen LogP contribution in [-0.2, 0) is 16.6 Å². The lowest BCUT2D eigenvalue weighted by Crippen LogP contribution is -2.45. The Bertz CT molecular complexity index is 965. The van der Waals surface area contributed by atoms with Crippen LogP contribution in [0.15, 0.2) is 48.8 Å². The minimum Gasteiger partial charge on any atom is -0.387 e. The van der Waals surface area contributed by atoms with E-state index in [1.807, 2.05) is 36.4 Å². The summed E-state index contributed by atoms with van der Waals surface area (Å²) in [5.74, 6) is 0.730. The van der Waals surface area contributed by atoms with Gasteiger partial charge in [0.1, 0.15) is 0 Å². The molecule has 1 aromatic carbocycles. The van der Waals surface area contributed by atoms with E-state index in [1.165, 1.54) is 0 Å². The van der Waals surface area contributed by atoms with Crippen molar-refractivity contribution in [1.82, 2.24) is 14.6 Å². The lowest BCUT2D eigenvalue weighted by atomic mass is 9.94. The van der Waals surface area contributed by atoms with Crippen LogP contribution in [0.4, 0.5) is 5.69 Å². The Morgan fingerprint density at radius 3 is 2.29 bits per heavy atom. The minimum absolute atomic E-state index is 0. The molecule has 0 saturated carbocycles. The lowest BCUT2D eigenvalue weighted by Gasteiger charge is -2.34. The van der Waals surface area contributed by atoms with Crippen LogP contribution in [0.2, 0.25) is 0 Å². The second kappa shape index (κ2) is 13.0. The standard InChI is InChI=1S/C24H36N4O3S.2ClH/c1-18-12-19(2)17-28(16-18)32(30,31)27-22-9-7-20(8-10-22)13-24(3,4)26-15-23(29)21-6-5-11-25-14-21;;/h5-11,14,18-19,23,26-27,29H,12-13,15-17H2,1-4H3;2*1H/t18-,19+,23-;;/m0../s1. The Hall–Kier alpha value is -1.42. The van der Waals surface area contributed by atoms with Crippen molar-refractivity contribution in [1.29, 1.82) is 0 Å².